The number of carbonyl (C=O) groups excluding carboxylic acids is 2. The van der Waals surface area contributed by atoms with E-state index in [-0.39, 0.29) is 4.90 Å². The number of sulfonamides is 1. The minimum absolute atomic E-state index is 0.109. The van der Waals surface area contributed by atoms with Gasteiger partial charge in [0, 0.05) is 5.69 Å². The van der Waals surface area contributed by atoms with Gasteiger partial charge < -0.3 is 5.73 Å². The molecular formula is C20H20ClN3O4S. The Labute approximate surface area is 174 Å². The molecule has 0 saturated carbocycles. The van der Waals surface area contributed by atoms with E-state index >= 15 is 0 Å². The van der Waals surface area contributed by atoms with Crippen LogP contribution >= 0.6 is 11.6 Å². The Morgan fingerprint density at radius 1 is 1.00 bits per heavy atom. The second-order valence-corrected chi connectivity index (χ2v) is 8.64. The van der Waals surface area contributed by atoms with Crippen molar-refractivity contribution in [2.45, 2.75) is 31.1 Å². The van der Waals surface area contributed by atoms with Gasteiger partial charge in [-0.3, -0.25) is 14.3 Å². The average molecular weight is 434 g/mol. The maximum atomic E-state index is 12.8. The highest BCUT2D eigenvalue weighted by molar-refractivity contribution is 7.89. The first-order valence-corrected chi connectivity index (χ1v) is 10.9. The first kappa shape index (κ1) is 20.9. The SMILES string of the molecule is CCCCc1ccc(N2C(=O)C(Cl)=C(NS(=O)(=O)c3ccc(N)cc3)C2=O)cc1. The first-order valence-electron chi connectivity index (χ1n) is 9.00. The molecule has 1 aliphatic heterocycles. The fourth-order valence-electron chi connectivity index (χ4n) is 2.86. The van der Waals surface area contributed by atoms with Crippen LogP contribution in [0.5, 0.6) is 0 Å². The molecule has 1 heterocycles. The molecule has 2 amide bonds. The molecule has 0 radical (unpaired) electrons. The van der Waals surface area contributed by atoms with Crippen LogP contribution in [0.15, 0.2) is 64.2 Å². The number of hydrogen-bond acceptors (Lipinski definition) is 5. The lowest BCUT2D eigenvalue weighted by Gasteiger charge is -2.15. The van der Waals surface area contributed by atoms with Crippen LogP contribution in [0.2, 0.25) is 0 Å². The Morgan fingerprint density at radius 2 is 1.62 bits per heavy atom. The maximum Gasteiger partial charge on any atom is 0.284 e. The van der Waals surface area contributed by atoms with Crippen molar-refractivity contribution in [3.63, 3.8) is 0 Å². The number of nitrogens with one attached hydrogen (secondary N) is 1. The molecule has 0 aromatic heterocycles. The first-order chi connectivity index (χ1) is 13.7. The number of benzene rings is 2. The number of nitrogens with zero attached hydrogens (tertiary/aromatic N) is 1. The average Bonchev–Trinajstić information content (AvgIpc) is 2.90. The molecule has 2 aromatic rings. The van der Waals surface area contributed by atoms with Gasteiger partial charge in [-0.2, -0.15) is 0 Å². The minimum Gasteiger partial charge on any atom is -0.399 e. The van der Waals surface area contributed by atoms with Crippen molar-refractivity contribution < 1.29 is 18.0 Å². The van der Waals surface area contributed by atoms with Crippen LogP contribution < -0.4 is 15.4 Å². The molecule has 9 heteroatoms. The molecule has 0 aliphatic carbocycles. The second-order valence-electron chi connectivity index (χ2n) is 6.58. The van der Waals surface area contributed by atoms with E-state index in [1.807, 2.05) is 12.1 Å². The molecule has 0 saturated heterocycles. The number of carbonyl (C=O) groups is 2. The fraction of sp³-hybridized carbons (Fsp3) is 0.200. The van der Waals surface area contributed by atoms with Crippen molar-refractivity contribution >= 4 is 44.8 Å². The molecule has 0 spiro atoms. The van der Waals surface area contributed by atoms with Crippen molar-refractivity contribution in [3.05, 3.63) is 64.8 Å². The maximum absolute atomic E-state index is 12.8. The van der Waals surface area contributed by atoms with Crippen LogP contribution in [-0.4, -0.2) is 20.2 Å². The van der Waals surface area contributed by atoms with E-state index in [4.69, 9.17) is 17.3 Å². The van der Waals surface area contributed by atoms with Gasteiger partial charge in [0.1, 0.15) is 10.7 Å². The highest BCUT2D eigenvalue weighted by atomic mass is 35.5. The Morgan fingerprint density at radius 3 is 2.21 bits per heavy atom. The molecule has 2 aromatic carbocycles. The topological polar surface area (TPSA) is 110 Å². The number of imide groups is 1. The molecule has 7 nitrogen and oxygen atoms in total. The van der Waals surface area contributed by atoms with Gasteiger partial charge in [0.15, 0.2) is 0 Å². The van der Waals surface area contributed by atoms with Crippen LogP contribution in [0.1, 0.15) is 25.3 Å². The summed E-state index contributed by atoms with van der Waals surface area (Å²) in [5, 5.41) is -0.482. The summed E-state index contributed by atoms with van der Waals surface area (Å²) >= 11 is 6.01. The fourth-order valence-corrected chi connectivity index (χ4v) is 4.20. The molecule has 29 heavy (non-hydrogen) atoms. The van der Waals surface area contributed by atoms with Gasteiger partial charge >= 0.3 is 0 Å². The van der Waals surface area contributed by atoms with Crippen molar-refractivity contribution in [2.24, 2.45) is 0 Å². The number of halogens is 1. The summed E-state index contributed by atoms with van der Waals surface area (Å²) in [5.74, 6) is -1.62. The molecular weight excluding hydrogens is 414 g/mol. The van der Waals surface area contributed by atoms with Crippen molar-refractivity contribution in [2.75, 3.05) is 10.6 Å². The monoisotopic (exact) mass is 433 g/mol. The number of aryl methyl sites for hydroxylation is 1. The van der Waals surface area contributed by atoms with Crippen LogP contribution in [0.4, 0.5) is 11.4 Å². The molecule has 0 bridgehead atoms. The van der Waals surface area contributed by atoms with Gasteiger partial charge in [-0.15, -0.1) is 0 Å². The number of anilines is 2. The Kier molecular flexibility index (Phi) is 5.95. The summed E-state index contributed by atoms with van der Waals surface area (Å²) < 4.78 is 27.2. The van der Waals surface area contributed by atoms with Gasteiger partial charge in [0.05, 0.1) is 10.6 Å². The molecule has 152 valence electrons. The van der Waals surface area contributed by atoms with Gasteiger partial charge in [-0.05, 0) is 54.8 Å². The van der Waals surface area contributed by atoms with Crippen molar-refractivity contribution in [3.8, 4) is 0 Å². The summed E-state index contributed by atoms with van der Waals surface area (Å²) in [6.45, 7) is 2.09. The lowest BCUT2D eigenvalue weighted by Crippen LogP contribution is -2.35. The Bertz CT molecular complexity index is 1080. The quantitative estimate of drug-likeness (QED) is 0.515. The molecule has 0 unspecified atom stereocenters. The van der Waals surface area contributed by atoms with Crippen LogP contribution in [-0.2, 0) is 26.0 Å². The Hall–Kier alpha value is -2.84. The number of rotatable bonds is 7. The van der Waals surface area contributed by atoms with Crippen LogP contribution in [0.3, 0.4) is 0 Å². The summed E-state index contributed by atoms with van der Waals surface area (Å²) in [7, 11) is -4.12. The minimum atomic E-state index is -4.12. The van der Waals surface area contributed by atoms with Crippen molar-refractivity contribution in [1.82, 2.24) is 4.72 Å². The molecule has 0 fully saturated rings. The van der Waals surface area contributed by atoms with Gasteiger partial charge in [0.2, 0.25) is 0 Å². The Balaban J connectivity index is 1.84. The third-order valence-corrected chi connectivity index (χ3v) is 6.18. The number of nitrogen functional groups attached to an aromatic ring is 1. The largest absolute Gasteiger partial charge is 0.399 e. The molecule has 3 rings (SSSR count). The lowest BCUT2D eigenvalue weighted by molar-refractivity contribution is -0.120. The van der Waals surface area contributed by atoms with E-state index in [0.717, 1.165) is 29.7 Å². The molecule has 1 aliphatic rings. The summed E-state index contributed by atoms with van der Waals surface area (Å²) in [4.78, 5) is 26.0. The molecule has 3 N–H and O–H groups in total. The zero-order valence-electron chi connectivity index (χ0n) is 15.7. The van der Waals surface area contributed by atoms with E-state index < -0.39 is 32.6 Å². The number of amides is 2. The number of unbranched alkanes of at least 4 members (excludes halogenated alkanes) is 1. The van der Waals surface area contributed by atoms with E-state index in [9.17, 15) is 18.0 Å². The zero-order valence-corrected chi connectivity index (χ0v) is 17.3. The van der Waals surface area contributed by atoms with Crippen LogP contribution in [0.25, 0.3) is 0 Å². The standard InChI is InChI=1S/C20H20ClN3O4S/c1-2-3-4-13-5-9-15(10-6-13)24-19(25)17(21)18(20(24)26)23-29(27,28)16-11-7-14(22)8-12-16/h5-12,23H,2-4,22H2,1H3. The normalized spacial score (nSPS) is 14.6. The summed E-state index contributed by atoms with van der Waals surface area (Å²) in [6.07, 6.45) is 2.98. The third kappa shape index (κ3) is 4.28. The van der Waals surface area contributed by atoms with E-state index in [2.05, 4.69) is 11.6 Å². The van der Waals surface area contributed by atoms with E-state index in [0.29, 0.717) is 11.4 Å². The van der Waals surface area contributed by atoms with E-state index in [1.54, 1.807) is 12.1 Å². The van der Waals surface area contributed by atoms with E-state index in [1.165, 1.54) is 24.3 Å². The third-order valence-electron chi connectivity index (χ3n) is 4.47. The lowest BCUT2D eigenvalue weighted by atomic mass is 10.1. The summed E-state index contributed by atoms with van der Waals surface area (Å²) in [5.41, 5.74) is 6.87. The highest BCUT2D eigenvalue weighted by Crippen LogP contribution is 2.29. The predicted molar refractivity (Wildman–Crippen MR) is 112 cm³/mol. The van der Waals surface area contributed by atoms with Crippen LogP contribution in [0, 0.1) is 0 Å². The zero-order chi connectivity index (χ0) is 21.2. The molecule has 0 atom stereocenters. The smallest absolute Gasteiger partial charge is 0.284 e. The van der Waals surface area contributed by atoms with Gasteiger partial charge in [-0.25, -0.2) is 13.3 Å². The van der Waals surface area contributed by atoms with Gasteiger partial charge in [0.25, 0.3) is 21.8 Å². The summed E-state index contributed by atoms with van der Waals surface area (Å²) in [6, 6.07) is 12.4. The number of hydrogen-bond donors (Lipinski definition) is 2. The predicted octanol–water partition coefficient (Wildman–Crippen LogP) is 2.91. The highest BCUT2D eigenvalue weighted by Gasteiger charge is 2.40. The number of nitrogens with two attached hydrogens (primary N) is 1. The second kappa shape index (κ2) is 8.26. The van der Waals surface area contributed by atoms with Gasteiger partial charge in [-0.1, -0.05) is 37.1 Å². The van der Waals surface area contributed by atoms with Crippen molar-refractivity contribution in [1.29, 1.82) is 0 Å².